The summed E-state index contributed by atoms with van der Waals surface area (Å²) in [6.45, 7) is 5.94. The Hall–Kier alpha value is -1.79. The van der Waals surface area contributed by atoms with E-state index in [0.717, 1.165) is 40.0 Å². The number of H-pyrrole nitrogens is 1. The molecule has 0 saturated carbocycles. The molecule has 0 aliphatic carbocycles. The zero-order valence-electron chi connectivity index (χ0n) is 12.5. The van der Waals surface area contributed by atoms with Crippen LogP contribution < -0.4 is 5.32 Å². The van der Waals surface area contributed by atoms with E-state index in [1.165, 1.54) is 5.56 Å². The van der Waals surface area contributed by atoms with Crippen molar-refractivity contribution in [1.29, 1.82) is 0 Å². The van der Waals surface area contributed by atoms with Crippen LogP contribution in [0.15, 0.2) is 34.4 Å². The Morgan fingerprint density at radius 3 is 2.90 bits per heavy atom. The maximum atomic E-state index is 4.63. The number of aryl methyl sites for hydroxylation is 2. The molecule has 3 aromatic rings. The van der Waals surface area contributed by atoms with Crippen LogP contribution in [0.3, 0.4) is 0 Å². The minimum atomic E-state index is 0.832. The molecule has 2 aromatic heterocycles. The molecule has 0 amide bonds. The molecule has 0 aliphatic heterocycles. The zero-order chi connectivity index (χ0) is 14.8. The largest absolute Gasteiger partial charge is 0.333 e. The number of nitrogens with zero attached hydrogens (tertiary/aromatic N) is 3. The van der Waals surface area contributed by atoms with Gasteiger partial charge in [0.2, 0.25) is 0 Å². The number of rotatable bonds is 5. The second-order valence-corrected chi connectivity index (χ2v) is 5.91. The molecule has 1 aromatic carbocycles. The van der Waals surface area contributed by atoms with Gasteiger partial charge < -0.3 is 10.3 Å². The third-order valence-corrected chi connectivity index (χ3v) is 4.49. The molecule has 2 N–H and O–H groups in total. The predicted octanol–water partition coefficient (Wildman–Crippen LogP) is 2.87. The summed E-state index contributed by atoms with van der Waals surface area (Å²) in [6.07, 6.45) is 0. The molecule has 2 heterocycles. The fourth-order valence-corrected chi connectivity index (χ4v) is 3.34. The molecule has 0 fully saturated rings. The maximum absolute atomic E-state index is 4.63. The summed E-state index contributed by atoms with van der Waals surface area (Å²) < 4.78 is 1.93. The van der Waals surface area contributed by atoms with E-state index in [0.29, 0.717) is 0 Å². The van der Waals surface area contributed by atoms with Crippen molar-refractivity contribution in [2.24, 2.45) is 7.05 Å². The van der Waals surface area contributed by atoms with E-state index >= 15 is 0 Å². The van der Waals surface area contributed by atoms with Crippen molar-refractivity contribution in [3.8, 4) is 0 Å². The van der Waals surface area contributed by atoms with Crippen LogP contribution in [0.1, 0.15) is 18.2 Å². The van der Waals surface area contributed by atoms with Crippen LogP contribution in [-0.4, -0.2) is 26.3 Å². The van der Waals surface area contributed by atoms with E-state index in [9.17, 15) is 0 Å². The Balaban J connectivity index is 1.93. The van der Waals surface area contributed by atoms with E-state index in [-0.39, 0.29) is 0 Å². The smallest absolute Gasteiger partial charge is 0.172 e. The van der Waals surface area contributed by atoms with Crippen LogP contribution in [0.25, 0.3) is 11.0 Å². The van der Waals surface area contributed by atoms with Crippen LogP contribution in [0.5, 0.6) is 0 Å². The quantitative estimate of drug-likeness (QED) is 0.761. The summed E-state index contributed by atoms with van der Waals surface area (Å²) in [5, 5.41) is 9.93. The molecule has 110 valence electrons. The molecular formula is C15H19N5S. The number of benzene rings is 1. The van der Waals surface area contributed by atoms with Crippen LogP contribution in [0.4, 0.5) is 0 Å². The topological polar surface area (TPSA) is 58.5 Å². The summed E-state index contributed by atoms with van der Waals surface area (Å²) in [5.74, 6) is 0. The Morgan fingerprint density at radius 2 is 2.14 bits per heavy atom. The number of hydrogen-bond acceptors (Lipinski definition) is 4. The minimum Gasteiger partial charge on any atom is -0.333 e. The van der Waals surface area contributed by atoms with Gasteiger partial charge in [0, 0.05) is 19.2 Å². The molecule has 0 spiro atoms. The van der Waals surface area contributed by atoms with Gasteiger partial charge in [0.1, 0.15) is 5.03 Å². The van der Waals surface area contributed by atoms with Gasteiger partial charge in [0.05, 0.1) is 16.7 Å². The lowest BCUT2D eigenvalue weighted by atomic mass is 10.2. The van der Waals surface area contributed by atoms with Gasteiger partial charge in [-0.1, -0.05) is 19.1 Å². The number of aromatic nitrogens is 4. The first-order chi connectivity index (χ1) is 10.2. The Morgan fingerprint density at radius 1 is 1.33 bits per heavy atom. The first-order valence-corrected chi connectivity index (χ1v) is 7.86. The van der Waals surface area contributed by atoms with Crippen molar-refractivity contribution in [2.45, 2.75) is 30.6 Å². The van der Waals surface area contributed by atoms with Crippen molar-refractivity contribution in [3.05, 3.63) is 35.5 Å². The van der Waals surface area contributed by atoms with Crippen LogP contribution in [0.2, 0.25) is 0 Å². The summed E-state index contributed by atoms with van der Waals surface area (Å²) in [5.41, 5.74) is 4.36. The van der Waals surface area contributed by atoms with E-state index in [1.807, 2.05) is 36.0 Å². The standard InChI is InChI=1S/C15H19N5S/c1-4-16-9-11-10(2)19-20(3)14(11)21-15-17-12-7-5-6-8-13(12)18-15/h5-8,16H,4,9H2,1-3H3,(H,17,18). The van der Waals surface area contributed by atoms with Crippen molar-refractivity contribution in [2.75, 3.05) is 6.54 Å². The number of para-hydroxylation sites is 2. The second-order valence-electron chi connectivity index (χ2n) is 4.93. The average molecular weight is 301 g/mol. The number of aromatic amines is 1. The third-order valence-electron chi connectivity index (χ3n) is 3.40. The average Bonchev–Trinajstić information content (AvgIpc) is 2.99. The highest BCUT2D eigenvalue weighted by atomic mass is 32.2. The molecule has 0 saturated heterocycles. The van der Waals surface area contributed by atoms with Crippen molar-refractivity contribution < 1.29 is 0 Å². The van der Waals surface area contributed by atoms with E-state index in [4.69, 9.17) is 0 Å². The maximum Gasteiger partial charge on any atom is 0.172 e. The number of fused-ring (bicyclic) bond motifs is 1. The summed E-state index contributed by atoms with van der Waals surface area (Å²) in [4.78, 5) is 7.98. The molecule has 5 nitrogen and oxygen atoms in total. The Kier molecular flexibility index (Phi) is 3.98. The van der Waals surface area contributed by atoms with Crippen LogP contribution in [0, 0.1) is 6.92 Å². The highest BCUT2D eigenvalue weighted by molar-refractivity contribution is 7.99. The third kappa shape index (κ3) is 2.82. The fourth-order valence-electron chi connectivity index (χ4n) is 2.33. The second kappa shape index (κ2) is 5.91. The molecule has 0 radical (unpaired) electrons. The summed E-state index contributed by atoms with van der Waals surface area (Å²) >= 11 is 1.63. The highest BCUT2D eigenvalue weighted by Crippen LogP contribution is 2.31. The Bertz CT molecular complexity index is 726. The van der Waals surface area contributed by atoms with Crippen LogP contribution >= 0.6 is 11.8 Å². The van der Waals surface area contributed by atoms with Gasteiger partial charge in [-0.25, -0.2) is 4.98 Å². The molecule has 0 bridgehead atoms. The predicted molar refractivity (Wildman–Crippen MR) is 85.5 cm³/mol. The van der Waals surface area contributed by atoms with Crippen molar-refractivity contribution >= 4 is 22.8 Å². The lowest BCUT2D eigenvalue weighted by Crippen LogP contribution is -2.12. The zero-order valence-corrected chi connectivity index (χ0v) is 13.3. The fraction of sp³-hybridized carbons (Fsp3) is 0.333. The van der Waals surface area contributed by atoms with Gasteiger partial charge in [-0.05, 0) is 37.4 Å². The molecule has 21 heavy (non-hydrogen) atoms. The number of imidazole rings is 1. The molecule has 3 rings (SSSR count). The molecule has 0 aliphatic rings. The van der Waals surface area contributed by atoms with Gasteiger partial charge >= 0.3 is 0 Å². The first kappa shape index (κ1) is 14.2. The lowest BCUT2D eigenvalue weighted by molar-refractivity contribution is 0.673. The van der Waals surface area contributed by atoms with Gasteiger partial charge in [-0.3, -0.25) is 4.68 Å². The van der Waals surface area contributed by atoms with E-state index in [1.54, 1.807) is 11.8 Å². The van der Waals surface area contributed by atoms with Crippen molar-refractivity contribution in [1.82, 2.24) is 25.1 Å². The monoisotopic (exact) mass is 301 g/mol. The van der Waals surface area contributed by atoms with Crippen molar-refractivity contribution in [3.63, 3.8) is 0 Å². The van der Waals surface area contributed by atoms with Gasteiger partial charge in [0.25, 0.3) is 0 Å². The SMILES string of the molecule is CCNCc1c(C)nn(C)c1Sc1nc2ccccc2[nH]1. The minimum absolute atomic E-state index is 0.832. The lowest BCUT2D eigenvalue weighted by Gasteiger charge is -2.05. The van der Waals surface area contributed by atoms with Crippen LogP contribution in [-0.2, 0) is 13.6 Å². The molecular weight excluding hydrogens is 282 g/mol. The number of hydrogen-bond donors (Lipinski definition) is 2. The molecule has 6 heteroatoms. The first-order valence-electron chi connectivity index (χ1n) is 7.05. The Labute approximate surface area is 128 Å². The normalized spacial score (nSPS) is 11.4. The molecule has 0 unspecified atom stereocenters. The van der Waals surface area contributed by atoms with Gasteiger partial charge in [0.15, 0.2) is 5.16 Å². The summed E-state index contributed by atoms with van der Waals surface area (Å²) in [6, 6.07) is 8.08. The molecule has 0 atom stereocenters. The number of nitrogens with one attached hydrogen (secondary N) is 2. The highest BCUT2D eigenvalue weighted by Gasteiger charge is 2.15. The summed E-state index contributed by atoms with van der Waals surface area (Å²) in [7, 11) is 1.98. The van der Waals surface area contributed by atoms with E-state index < -0.39 is 0 Å². The van der Waals surface area contributed by atoms with Gasteiger partial charge in [-0.15, -0.1) is 0 Å². The van der Waals surface area contributed by atoms with Gasteiger partial charge in [-0.2, -0.15) is 5.10 Å². The van der Waals surface area contributed by atoms with E-state index in [2.05, 4.69) is 34.2 Å².